The minimum absolute atomic E-state index is 0.213. The topological polar surface area (TPSA) is 72.0 Å². The van der Waals surface area contributed by atoms with E-state index in [0.717, 1.165) is 16.0 Å². The van der Waals surface area contributed by atoms with E-state index in [1.54, 1.807) is 30.8 Å². The van der Waals surface area contributed by atoms with Crippen LogP contribution >= 0.6 is 11.3 Å². The van der Waals surface area contributed by atoms with Crippen LogP contribution in [-0.4, -0.2) is 20.2 Å². The van der Waals surface area contributed by atoms with Gasteiger partial charge in [-0.2, -0.15) is 4.98 Å². The van der Waals surface area contributed by atoms with Crippen molar-refractivity contribution in [2.24, 2.45) is 0 Å². The maximum absolute atomic E-state index is 9.65. The highest BCUT2D eigenvalue weighted by Crippen LogP contribution is 2.29. The molecule has 90 valence electrons. The Labute approximate surface area is 107 Å². The number of hydrogen-bond acceptors (Lipinski definition) is 6. The standard InChI is InChI=1S/C12H9N3O2S/c1-7-8(3-2-4-9(7)16)12-14-11(15-17-12)10-5-13-6-18-10/h2-6,16H,1H3. The second-order valence-electron chi connectivity index (χ2n) is 3.74. The molecule has 0 radical (unpaired) electrons. The van der Waals surface area contributed by atoms with Crippen molar-refractivity contribution in [3.8, 4) is 27.9 Å². The minimum atomic E-state index is 0.213. The number of nitrogens with zero attached hydrogens (tertiary/aromatic N) is 3. The summed E-state index contributed by atoms with van der Waals surface area (Å²) in [7, 11) is 0. The molecule has 3 rings (SSSR count). The molecule has 0 bridgehead atoms. The summed E-state index contributed by atoms with van der Waals surface area (Å²) < 4.78 is 5.22. The van der Waals surface area contributed by atoms with Gasteiger partial charge >= 0.3 is 0 Å². The molecule has 0 saturated carbocycles. The molecule has 0 atom stereocenters. The molecule has 0 amide bonds. The van der Waals surface area contributed by atoms with Crippen molar-refractivity contribution in [1.82, 2.24) is 15.1 Å². The first-order valence-electron chi connectivity index (χ1n) is 5.27. The largest absolute Gasteiger partial charge is 0.508 e. The van der Waals surface area contributed by atoms with Gasteiger partial charge in [0.15, 0.2) is 0 Å². The zero-order valence-electron chi connectivity index (χ0n) is 9.49. The van der Waals surface area contributed by atoms with Crippen LogP contribution in [0.2, 0.25) is 0 Å². The van der Waals surface area contributed by atoms with Crippen LogP contribution in [0.1, 0.15) is 5.56 Å². The Kier molecular flexibility index (Phi) is 2.56. The van der Waals surface area contributed by atoms with Gasteiger partial charge in [-0.15, -0.1) is 11.3 Å². The Morgan fingerprint density at radius 2 is 2.22 bits per heavy atom. The van der Waals surface area contributed by atoms with Crippen molar-refractivity contribution in [3.63, 3.8) is 0 Å². The van der Waals surface area contributed by atoms with Crippen molar-refractivity contribution in [2.75, 3.05) is 0 Å². The van der Waals surface area contributed by atoms with E-state index >= 15 is 0 Å². The highest BCUT2D eigenvalue weighted by Gasteiger charge is 2.14. The minimum Gasteiger partial charge on any atom is -0.508 e. The fraction of sp³-hybridized carbons (Fsp3) is 0.0833. The molecule has 2 heterocycles. The molecule has 1 N–H and O–H groups in total. The van der Waals surface area contributed by atoms with Crippen LogP contribution < -0.4 is 0 Å². The number of thiazole rings is 1. The third-order valence-corrected chi connectivity index (χ3v) is 3.38. The molecule has 0 fully saturated rings. The van der Waals surface area contributed by atoms with E-state index in [0.29, 0.717) is 11.7 Å². The molecule has 0 aliphatic rings. The lowest BCUT2D eigenvalue weighted by molar-refractivity contribution is 0.431. The molecule has 6 heteroatoms. The smallest absolute Gasteiger partial charge is 0.258 e. The van der Waals surface area contributed by atoms with Gasteiger partial charge in [-0.05, 0) is 19.1 Å². The van der Waals surface area contributed by atoms with Gasteiger partial charge in [0.25, 0.3) is 5.89 Å². The Hall–Kier alpha value is -2.21. The molecule has 0 saturated heterocycles. The molecule has 1 aromatic carbocycles. The third kappa shape index (κ3) is 1.76. The number of aromatic nitrogens is 3. The Balaban J connectivity index is 2.06. The number of phenols is 1. The maximum atomic E-state index is 9.65. The van der Waals surface area contributed by atoms with E-state index in [-0.39, 0.29) is 5.75 Å². The summed E-state index contributed by atoms with van der Waals surface area (Å²) in [6.07, 6.45) is 1.69. The van der Waals surface area contributed by atoms with E-state index in [2.05, 4.69) is 15.1 Å². The average molecular weight is 259 g/mol. The molecule has 0 aliphatic carbocycles. The zero-order chi connectivity index (χ0) is 12.5. The van der Waals surface area contributed by atoms with Gasteiger partial charge in [0.05, 0.1) is 10.4 Å². The van der Waals surface area contributed by atoms with Crippen molar-refractivity contribution in [3.05, 3.63) is 35.5 Å². The number of benzene rings is 1. The summed E-state index contributed by atoms with van der Waals surface area (Å²) in [5.74, 6) is 1.12. The fourth-order valence-corrected chi connectivity index (χ4v) is 2.16. The summed E-state index contributed by atoms with van der Waals surface area (Å²) in [6, 6.07) is 5.20. The lowest BCUT2D eigenvalue weighted by atomic mass is 10.1. The lowest BCUT2D eigenvalue weighted by Gasteiger charge is -2.01. The molecule has 5 nitrogen and oxygen atoms in total. The first kappa shape index (κ1) is 10.9. The molecule has 3 aromatic rings. The summed E-state index contributed by atoms with van der Waals surface area (Å²) in [6.45, 7) is 1.81. The number of aromatic hydroxyl groups is 1. The van der Waals surface area contributed by atoms with Crippen molar-refractivity contribution in [1.29, 1.82) is 0 Å². The molecule has 0 aliphatic heterocycles. The van der Waals surface area contributed by atoms with Crippen molar-refractivity contribution >= 4 is 11.3 Å². The van der Waals surface area contributed by atoms with Crippen LogP contribution in [0.5, 0.6) is 5.75 Å². The predicted molar refractivity (Wildman–Crippen MR) is 67.2 cm³/mol. The second kappa shape index (κ2) is 4.23. The second-order valence-corrected chi connectivity index (χ2v) is 4.62. The Morgan fingerprint density at radius 1 is 1.33 bits per heavy atom. The fourth-order valence-electron chi connectivity index (χ4n) is 1.61. The highest BCUT2D eigenvalue weighted by molar-refractivity contribution is 7.13. The summed E-state index contributed by atoms with van der Waals surface area (Å²) >= 11 is 1.45. The van der Waals surface area contributed by atoms with Crippen LogP contribution in [0.4, 0.5) is 0 Å². The molecule has 0 spiro atoms. The number of phenolic OH excluding ortho intramolecular Hbond substituents is 1. The predicted octanol–water partition coefficient (Wildman–Crippen LogP) is 2.87. The van der Waals surface area contributed by atoms with E-state index in [4.69, 9.17) is 4.52 Å². The summed E-state index contributed by atoms with van der Waals surface area (Å²) in [5, 5.41) is 13.6. The van der Waals surface area contributed by atoms with Gasteiger partial charge in [-0.3, -0.25) is 4.98 Å². The number of hydrogen-bond donors (Lipinski definition) is 1. The van der Waals surface area contributed by atoms with Crippen LogP contribution in [0.25, 0.3) is 22.2 Å². The molecule has 2 aromatic heterocycles. The first-order valence-corrected chi connectivity index (χ1v) is 6.15. The van der Waals surface area contributed by atoms with Gasteiger partial charge in [0.1, 0.15) is 5.75 Å². The van der Waals surface area contributed by atoms with E-state index in [1.165, 1.54) is 11.3 Å². The Bertz CT molecular complexity index is 676. The summed E-state index contributed by atoms with van der Waals surface area (Å²) in [5.41, 5.74) is 3.17. The van der Waals surface area contributed by atoms with Gasteiger partial charge in [0.2, 0.25) is 5.82 Å². The van der Waals surface area contributed by atoms with Gasteiger partial charge < -0.3 is 9.63 Å². The molecule has 0 unspecified atom stereocenters. The molecular weight excluding hydrogens is 250 g/mol. The van der Waals surface area contributed by atoms with Crippen LogP contribution in [-0.2, 0) is 0 Å². The molecule has 18 heavy (non-hydrogen) atoms. The van der Waals surface area contributed by atoms with E-state index in [9.17, 15) is 5.11 Å². The lowest BCUT2D eigenvalue weighted by Crippen LogP contribution is -1.84. The van der Waals surface area contributed by atoms with Gasteiger partial charge in [-0.25, -0.2) is 0 Å². The molecular formula is C12H9N3O2S. The quantitative estimate of drug-likeness (QED) is 0.766. The van der Waals surface area contributed by atoms with Crippen LogP contribution in [0, 0.1) is 6.92 Å². The van der Waals surface area contributed by atoms with E-state index in [1.807, 2.05) is 6.07 Å². The van der Waals surface area contributed by atoms with Crippen molar-refractivity contribution in [2.45, 2.75) is 6.92 Å². The van der Waals surface area contributed by atoms with Gasteiger partial charge in [-0.1, -0.05) is 11.2 Å². The van der Waals surface area contributed by atoms with Crippen LogP contribution in [0.15, 0.2) is 34.4 Å². The third-order valence-electron chi connectivity index (χ3n) is 2.61. The SMILES string of the molecule is Cc1c(O)cccc1-c1nc(-c2cncs2)no1. The monoisotopic (exact) mass is 259 g/mol. The van der Waals surface area contributed by atoms with Crippen molar-refractivity contribution < 1.29 is 9.63 Å². The first-order chi connectivity index (χ1) is 8.75. The van der Waals surface area contributed by atoms with E-state index < -0.39 is 0 Å². The summed E-state index contributed by atoms with van der Waals surface area (Å²) in [4.78, 5) is 9.13. The van der Waals surface area contributed by atoms with Gasteiger partial charge in [0, 0.05) is 17.3 Å². The number of rotatable bonds is 2. The normalized spacial score (nSPS) is 10.7. The van der Waals surface area contributed by atoms with Crippen LogP contribution in [0.3, 0.4) is 0 Å². The maximum Gasteiger partial charge on any atom is 0.258 e. The Morgan fingerprint density at radius 3 is 3.00 bits per heavy atom. The average Bonchev–Trinajstić information content (AvgIpc) is 3.01. The zero-order valence-corrected chi connectivity index (χ0v) is 10.3. The highest BCUT2D eigenvalue weighted by atomic mass is 32.1.